The number of nitrogens with zero attached hydrogens (tertiary/aromatic N) is 2. The molecule has 0 aliphatic rings. The normalized spacial score (nSPS) is 11.4. The van der Waals surface area contributed by atoms with Crippen LogP contribution in [0.15, 0.2) is 6.07 Å². The van der Waals surface area contributed by atoms with Gasteiger partial charge in [-0.1, -0.05) is 0 Å². The van der Waals surface area contributed by atoms with E-state index in [1.165, 1.54) is 6.92 Å². The molecule has 0 atom stereocenters. The van der Waals surface area contributed by atoms with Crippen LogP contribution in [0.1, 0.15) is 11.3 Å². The average molecular weight is 251 g/mol. The van der Waals surface area contributed by atoms with Gasteiger partial charge in [0.1, 0.15) is 5.69 Å². The van der Waals surface area contributed by atoms with Crippen molar-refractivity contribution in [3.8, 4) is 5.88 Å². The van der Waals surface area contributed by atoms with E-state index < -0.39 is 22.9 Å². The smallest absolute Gasteiger partial charge is 0.388 e. The Balaban J connectivity index is 3.23. The van der Waals surface area contributed by atoms with Gasteiger partial charge in [-0.15, -0.1) is 13.2 Å². The van der Waals surface area contributed by atoms with Crippen LogP contribution in [0.2, 0.25) is 0 Å². The molecule has 0 saturated carbocycles. The van der Waals surface area contributed by atoms with E-state index in [1.54, 1.807) is 0 Å². The molecule has 9 heteroatoms. The summed E-state index contributed by atoms with van der Waals surface area (Å²) in [6.45, 7) is 0.925. The fraction of sp³-hybridized carbons (Fsp3) is 0.375. The van der Waals surface area contributed by atoms with Crippen molar-refractivity contribution in [2.75, 3.05) is 0 Å². The maximum atomic E-state index is 11.9. The van der Waals surface area contributed by atoms with Crippen LogP contribution in [0.25, 0.3) is 0 Å². The Labute approximate surface area is 93.3 Å². The lowest BCUT2D eigenvalue weighted by atomic mass is 10.2. The molecule has 0 aromatic carbocycles. The van der Waals surface area contributed by atoms with Crippen LogP contribution in [-0.4, -0.2) is 16.3 Å². The molecule has 0 bridgehead atoms. The van der Waals surface area contributed by atoms with Gasteiger partial charge in [-0.2, -0.15) is 0 Å². The predicted octanol–water partition coefficient (Wildman–Crippen LogP) is 1.66. The highest BCUT2D eigenvalue weighted by atomic mass is 19.4. The fourth-order valence-corrected chi connectivity index (χ4v) is 1.28. The van der Waals surface area contributed by atoms with Gasteiger partial charge < -0.3 is 10.5 Å². The quantitative estimate of drug-likeness (QED) is 0.651. The van der Waals surface area contributed by atoms with E-state index in [0.29, 0.717) is 0 Å². The number of nitro groups is 1. The summed E-state index contributed by atoms with van der Waals surface area (Å²) in [7, 11) is 0. The van der Waals surface area contributed by atoms with Crippen molar-refractivity contribution in [2.45, 2.75) is 19.8 Å². The minimum atomic E-state index is -4.90. The molecule has 1 aromatic heterocycles. The number of pyridine rings is 1. The van der Waals surface area contributed by atoms with E-state index in [-0.39, 0.29) is 17.8 Å². The standard InChI is InChI=1S/C8H8F3N3O3/c1-4-7(14(15)16)5(3-12)2-6(13-4)17-8(9,10)11/h2H,3,12H2,1H3. The van der Waals surface area contributed by atoms with Gasteiger partial charge in [0.25, 0.3) is 5.69 Å². The Bertz CT molecular complexity index is 448. The summed E-state index contributed by atoms with van der Waals surface area (Å²) in [4.78, 5) is 13.2. The van der Waals surface area contributed by atoms with E-state index >= 15 is 0 Å². The highest BCUT2D eigenvalue weighted by Crippen LogP contribution is 2.28. The Morgan fingerprint density at radius 3 is 2.59 bits per heavy atom. The fourth-order valence-electron chi connectivity index (χ4n) is 1.28. The second-order valence-corrected chi connectivity index (χ2v) is 3.06. The number of aromatic nitrogens is 1. The second kappa shape index (κ2) is 4.53. The number of aryl methyl sites for hydroxylation is 1. The largest absolute Gasteiger partial charge is 0.574 e. The highest BCUT2D eigenvalue weighted by molar-refractivity contribution is 5.46. The topological polar surface area (TPSA) is 91.3 Å². The third-order valence-electron chi connectivity index (χ3n) is 1.85. The van der Waals surface area contributed by atoms with E-state index in [9.17, 15) is 23.3 Å². The molecule has 1 aromatic rings. The Morgan fingerprint density at radius 1 is 1.59 bits per heavy atom. The molecular formula is C8H8F3N3O3. The van der Waals surface area contributed by atoms with Crippen LogP contribution < -0.4 is 10.5 Å². The van der Waals surface area contributed by atoms with Gasteiger partial charge in [0.05, 0.1) is 10.5 Å². The number of halogens is 3. The molecule has 0 saturated heterocycles. The third-order valence-corrected chi connectivity index (χ3v) is 1.85. The van der Waals surface area contributed by atoms with Crippen LogP contribution in [0, 0.1) is 17.0 Å². The monoisotopic (exact) mass is 251 g/mol. The van der Waals surface area contributed by atoms with Gasteiger partial charge in [-0.3, -0.25) is 10.1 Å². The predicted molar refractivity (Wildman–Crippen MR) is 50.2 cm³/mol. The second-order valence-electron chi connectivity index (χ2n) is 3.06. The number of hydrogen-bond donors (Lipinski definition) is 1. The Morgan fingerprint density at radius 2 is 2.18 bits per heavy atom. The van der Waals surface area contributed by atoms with E-state index in [2.05, 4.69) is 9.72 Å². The van der Waals surface area contributed by atoms with Gasteiger partial charge in [0.15, 0.2) is 0 Å². The van der Waals surface area contributed by atoms with Gasteiger partial charge in [-0.05, 0) is 6.92 Å². The van der Waals surface area contributed by atoms with Gasteiger partial charge >= 0.3 is 6.36 Å². The molecule has 2 N–H and O–H groups in total. The van der Waals surface area contributed by atoms with Gasteiger partial charge in [0, 0.05) is 12.6 Å². The maximum absolute atomic E-state index is 11.9. The van der Waals surface area contributed by atoms with E-state index in [1.807, 2.05) is 0 Å². The lowest BCUT2D eigenvalue weighted by Crippen LogP contribution is -2.19. The molecule has 1 rings (SSSR count). The zero-order chi connectivity index (χ0) is 13.2. The summed E-state index contributed by atoms with van der Waals surface area (Å²) in [5.74, 6) is -0.763. The number of hydrogen-bond acceptors (Lipinski definition) is 5. The third kappa shape index (κ3) is 3.28. The summed E-state index contributed by atoms with van der Waals surface area (Å²) in [6, 6.07) is 0.804. The minimum absolute atomic E-state index is 0.0678. The lowest BCUT2D eigenvalue weighted by Gasteiger charge is -2.10. The molecule has 0 aliphatic carbocycles. The summed E-state index contributed by atoms with van der Waals surface area (Å²) in [6.07, 6.45) is -4.90. The zero-order valence-electron chi connectivity index (χ0n) is 8.61. The Kier molecular flexibility index (Phi) is 3.51. The first-order valence-electron chi connectivity index (χ1n) is 4.35. The molecule has 0 fully saturated rings. The van der Waals surface area contributed by atoms with Gasteiger partial charge in [-0.25, -0.2) is 4.98 Å². The molecule has 6 nitrogen and oxygen atoms in total. The van der Waals surface area contributed by atoms with Crippen LogP contribution >= 0.6 is 0 Å². The van der Waals surface area contributed by atoms with Crippen LogP contribution in [0.5, 0.6) is 5.88 Å². The van der Waals surface area contributed by atoms with Crippen molar-refractivity contribution in [1.29, 1.82) is 0 Å². The first-order chi connectivity index (χ1) is 7.74. The molecule has 94 valence electrons. The first-order valence-corrected chi connectivity index (χ1v) is 4.35. The van der Waals surface area contributed by atoms with Crippen molar-refractivity contribution in [1.82, 2.24) is 4.98 Å². The molecular weight excluding hydrogens is 243 g/mol. The van der Waals surface area contributed by atoms with E-state index in [4.69, 9.17) is 5.73 Å². The lowest BCUT2D eigenvalue weighted by molar-refractivity contribution is -0.386. The number of alkyl halides is 3. The number of rotatable bonds is 3. The van der Waals surface area contributed by atoms with Crippen molar-refractivity contribution < 1.29 is 22.8 Å². The first kappa shape index (κ1) is 13.2. The molecule has 17 heavy (non-hydrogen) atoms. The minimum Gasteiger partial charge on any atom is -0.388 e. The van der Waals surface area contributed by atoms with Crippen molar-refractivity contribution in [3.63, 3.8) is 0 Å². The van der Waals surface area contributed by atoms with Crippen LogP contribution in [0.4, 0.5) is 18.9 Å². The summed E-state index contributed by atoms with van der Waals surface area (Å²) in [5, 5.41) is 10.6. The molecule has 0 spiro atoms. The van der Waals surface area contributed by atoms with Crippen molar-refractivity contribution in [3.05, 3.63) is 27.4 Å². The van der Waals surface area contributed by atoms with Crippen LogP contribution in [0.3, 0.4) is 0 Å². The summed E-state index contributed by atoms with van der Waals surface area (Å²) >= 11 is 0. The molecule has 0 unspecified atom stereocenters. The maximum Gasteiger partial charge on any atom is 0.574 e. The molecule has 1 heterocycles. The number of ether oxygens (including phenoxy) is 1. The summed E-state index contributed by atoms with van der Waals surface area (Å²) < 4.78 is 39.4. The van der Waals surface area contributed by atoms with Gasteiger partial charge in [0.2, 0.25) is 5.88 Å². The van der Waals surface area contributed by atoms with Crippen molar-refractivity contribution in [2.24, 2.45) is 5.73 Å². The van der Waals surface area contributed by atoms with Crippen molar-refractivity contribution >= 4 is 5.69 Å². The zero-order valence-corrected chi connectivity index (χ0v) is 8.61. The molecule has 0 aliphatic heterocycles. The number of nitrogens with two attached hydrogens (primary N) is 1. The van der Waals surface area contributed by atoms with Crippen LogP contribution in [-0.2, 0) is 6.54 Å². The Hall–Kier alpha value is -1.90. The SMILES string of the molecule is Cc1nc(OC(F)(F)F)cc(CN)c1[N+](=O)[O-]. The molecule has 0 amide bonds. The average Bonchev–Trinajstić information content (AvgIpc) is 2.12. The summed E-state index contributed by atoms with van der Waals surface area (Å²) in [5.41, 5.74) is 4.57. The highest BCUT2D eigenvalue weighted by Gasteiger charge is 2.33. The molecule has 0 radical (unpaired) electrons. The van der Waals surface area contributed by atoms with E-state index in [0.717, 1.165) is 6.07 Å².